The second-order valence-electron chi connectivity index (χ2n) is 6.35. The lowest BCUT2D eigenvalue weighted by Crippen LogP contribution is -2.00. The lowest BCUT2D eigenvalue weighted by Gasteiger charge is -2.14. The summed E-state index contributed by atoms with van der Waals surface area (Å²) in [6.45, 7) is 4.64. The van der Waals surface area contributed by atoms with Gasteiger partial charge in [-0.2, -0.15) is 0 Å². The van der Waals surface area contributed by atoms with Crippen LogP contribution >= 0.6 is 22.6 Å². The number of para-hydroxylation sites is 1. The summed E-state index contributed by atoms with van der Waals surface area (Å²) < 4.78 is 12.6. The molecule has 0 saturated carbocycles. The van der Waals surface area contributed by atoms with Crippen LogP contribution in [0.25, 0.3) is 0 Å². The van der Waals surface area contributed by atoms with Crippen molar-refractivity contribution in [2.75, 3.05) is 7.11 Å². The zero-order valence-electron chi connectivity index (χ0n) is 15.7. The number of methoxy groups -OCH3 is 1. The Morgan fingerprint density at radius 1 is 1.00 bits per heavy atom. The average Bonchev–Trinajstić information content (AvgIpc) is 2.67. The SMILES string of the molecule is COc1cc(C=Nc2ccccc2C)cc(I)c1OCc1ccc(C)cc1. The minimum atomic E-state index is 0.503. The van der Waals surface area contributed by atoms with E-state index in [-0.39, 0.29) is 0 Å². The first-order valence-corrected chi connectivity index (χ1v) is 9.80. The Labute approximate surface area is 174 Å². The topological polar surface area (TPSA) is 30.8 Å². The van der Waals surface area contributed by atoms with Crippen LogP contribution < -0.4 is 9.47 Å². The number of halogens is 1. The molecule has 0 heterocycles. The molecule has 0 fully saturated rings. The van der Waals surface area contributed by atoms with Crippen LogP contribution in [0.2, 0.25) is 0 Å². The third-order valence-corrected chi connectivity index (χ3v) is 5.03. The number of ether oxygens (including phenoxy) is 2. The maximum absolute atomic E-state index is 6.04. The Hall–Kier alpha value is -2.34. The molecular weight excluding hydrogens is 449 g/mol. The molecule has 0 N–H and O–H groups in total. The van der Waals surface area contributed by atoms with Gasteiger partial charge in [0.2, 0.25) is 0 Å². The van der Waals surface area contributed by atoms with Gasteiger partial charge < -0.3 is 9.47 Å². The molecule has 0 saturated heterocycles. The predicted octanol–water partition coefficient (Wildman–Crippen LogP) is 6.25. The van der Waals surface area contributed by atoms with E-state index in [2.05, 4.69) is 77.8 Å². The maximum Gasteiger partial charge on any atom is 0.174 e. The fourth-order valence-electron chi connectivity index (χ4n) is 2.65. The Bertz CT molecular complexity index is 949. The molecular formula is C23H22INO2. The van der Waals surface area contributed by atoms with E-state index >= 15 is 0 Å². The van der Waals surface area contributed by atoms with Gasteiger partial charge in [-0.25, -0.2) is 0 Å². The summed E-state index contributed by atoms with van der Waals surface area (Å²) in [5.41, 5.74) is 5.45. The first-order valence-electron chi connectivity index (χ1n) is 8.72. The van der Waals surface area contributed by atoms with Crippen LogP contribution in [0.1, 0.15) is 22.3 Å². The van der Waals surface area contributed by atoms with Crippen LogP contribution in [0, 0.1) is 17.4 Å². The van der Waals surface area contributed by atoms with Gasteiger partial charge in [0.1, 0.15) is 6.61 Å². The summed E-state index contributed by atoms with van der Waals surface area (Å²) >= 11 is 2.28. The molecule has 138 valence electrons. The molecule has 0 spiro atoms. The average molecular weight is 471 g/mol. The molecule has 0 aliphatic heterocycles. The van der Waals surface area contributed by atoms with E-state index in [9.17, 15) is 0 Å². The van der Waals surface area contributed by atoms with Gasteiger partial charge in [-0.3, -0.25) is 4.99 Å². The number of hydrogen-bond acceptors (Lipinski definition) is 3. The normalized spacial score (nSPS) is 11.0. The summed E-state index contributed by atoms with van der Waals surface area (Å²) in [5.74, 6) is 1.46. The van der Waals surface area contributed by atoms with E-state index in [0.29, 0.717) is 12.4 Å². The quantitative estimate of drug-likeness (QED) is 0.315. The molecule has 0 bridgehead atoms. The Balaban J connectivity index is 1.80. The second kappa shape index (κ2) is 9.04. The molecule has 0 aliphatic rings. The van der Waals surface area contributed by atoms with Crippen molar-refractivity contribution in [1.29, 1.82) is 0 Å². The largest absolute Gasteiger partial charge is 0.493 e. The molecule has 0 atom stereocenters. The molecule has 0 amide bonds. The van der Waals surface area contributed by atoms with Crippen molar-refractivity contribution in [1.82, 2.24) is 0 Å². The van der Waals surface area contributed by atoms with Crippen molar-refractivity contribution in [2.45, 2.75) is 20.5 Å². The summed E-state index contributed by atoms with van der Waals surface area (Å²) in [6, 6.07) is 20.4. The molecule has 0 radical (unpaired) electrons. The number of nitrogens with zero attached hydrogens (tertiary/aromatic N) is 1. The van der Waals surface area contributed by atoms with Gasteiger partial charge in [-0.15, -0.1) is 0 Å². The predicted molar refractivity (Wildman–Crippen MR) is 120 cm³/mol. The second-order valence-corrected chi connectivity index (χ2v) is 7.52. The van der Waals surface area contributed by atoms with Crippen LogP contribution in [0.5, 0.6) is 11.5 Å². The van der Waals surface area contributed by atoms with Gasteiger partial charge in [0, 0.05) is 6.21 Å². The number of rotatable bonds is 6. The molecule has 0 unspecified atom stereocenters. The van der Waals surface area contributed by atoms with E-state index in [1.54, 1.807) is 7.11 Å². The van der Waals surface area contributed by atoms with Crippen LogP contribution in [0.3, 0.4) is 0 Å². The minimum absolute atomic E-state index is 0.503. The third-order valence-electron chi connectivity index (χ3n) is 4.22. The monoisotopic (exact) mass is 471 g/mol. The van der Waals surface area contributed by atoms with E-state index in [0.717, 1.165) is 31.7 Å². The number of aliphatic imine (C=N–C) groups is 1. The molecule has 3 rings (SSSR count). The Kier molecular flexibility index (Phi) is 6.50. The lowest BCUT2D eigenvalue weighted by atomic mass is 10.1. The highest BCUT2D eigenvalue weighted by Gasteiger charge is 2.11. The van der Waals surface area contributed by atoms with E-state index in [1.165, 1.54) is 5.56 Å². The van der Waals surface area contributed by atoms with Gasteiger partial charge in [0.25, 0.3) is 0 Å². The molecule has 27 heavy (non-hydrogen) atoms. The van der Waals surface area contributed by atoms with Crippen molar-refractivity contribution < 1.29 is 9.47 Å². The van der Waals surface area contributed by atoms with Gasteiger partial charge in [0.05, 0.1) is 16.4 Å². The highest BCUT2D eigenvalue weighted by molar-refractivity contribution is 14.1. The first-order chi connectivity index (χ1) is 13.1. The fraction of sp³-hybridized carbons (Fsp3) is 0.174. The van der Waals surface area contributed by atoms with Gasteiger partial charge in [0.15, 0.2) is 11.5 Å². The van der Waals surface area contributed by atoms with Gasteiger partial charge >= 0.3 is 0 Å². The molecule has 0 aliphatic carbocycles. The van der Waals surface area contributed by atoms with Crippen molar-refractivity contribution in [3.63, 3.8) is 0 Å². The maximum atomic E-state index is 6.04. The number of benzene rings is 3. The third kappa shape index (κ3) is 5.10. The highest BCUT2D eigenvalue weighted by atomic mass is 127. The smallest absolute Gasteiger partial charge is 0.174 e. The van der Waals surface area contributed by atoms with Crippen molar-refractivity contribution in [2.24, 2.45) is 4.99 Å². The standard InChI is InChI=1S/C23H22INO2/c1-16-8-10-18(11-9-16)15-27-23-20(24)12-19(13-22(23)26-3)14-25-21-7-5-4-6-17(21)2/h4-14H,15H2,1-3H3. The summed E-state index contributed by atoms with van der Waals surface area (Å²) in [6.07, 6.45) is 1.86. The van der Waals surface area contributed by atoms with Crippen molar-refractivity contribution >= 4 is 34.5 Å². The fourth-order valence-corrected chi connectivity index (χ4v) is 3.43. The van der Waals surface area contributed by atoms with Crippen LogP contribution in [-0.4, -0.2) is 13.3 Å². The van der Waals surface area contributed by atoms with Gasteiger partial charge in [-0.1, -0.05) is 48.0 Å². The van der Waals surface area contributed by atoms with Crippen LogP contribution in [0.4, 0.5) is 5.69 Å². The first kappa shape index (κ1) is 19.4. The molecule has 3 aromatic carbocycles. The summed E-state index contributed by atoms with van der Waals surface area (Å²) in [5, 5.41) is 0. The van der Waals surface area contributed by atoms with Crippen molar-refractivity contribution in [3.8, 4) is 11.5 Å². The van der Waals surface area contributed by atoms with Crippen LogP contribution in [0.15, 0.2) is 65.7 Å². The van der Waals surface area contributed by atoms with Gasteiger partial charge in [-0.05, 0) is 71.3 Å². The summed E-state index contributed by atoms with van der Waals surface area (Å²) in [7, 11) is 1.66. The highest BCUT2D eigenvalue weighted by Crippen LogP contribution is 2.34. The molecule has 3 aromatic rings. The van der Waals surface area contributed by atoms with E-state index in [4.69, 9.17) is 9.47 Å². The Morgan fingerprint density at radius 3 is 2.44 bits per heavy atom. The van der Waals surface area contributed by atoms with E-state index in [1.807, 2.05) is 30.5 Å². The summed E-state index contributed by atoms with van der Waals surface area (Å²) in [4.78, 5) is 4.60. The zero-order chi connectivity index (χ0) is 19.2. The minimum Gasteiger partial charge on any atom is -0.493 e. The number of hydrogen-bond donors (Lipinski definition) is 0. The molecule has 4 heteroatoms. The molecule has 3 nitrogen and oxygen atoms in total. The lowest BCUT2D eigenvalue weighted by molar-refractivity contribution is 0.282. The van der Waals surface area contributed by atoms with Crippen molar-refractivity contribution in [3.05, 3.63) is 86.5 Å². The Morgan fingerprint density at radius 2 is 1.74 bits per heavy atom. The molecule has 0 aromatic heterocycles. The van der Waals surface area contributed by atoms with Crippen LogP contribution in [-0.2, 0) is 6.61 Å². The van der Waals surface area contributed by atoms with E-state index < -0.39 is 0 Å². The number of aryl methyl sites for hydroxylation is 2. The zero-order valence-corrected chi connectivity index (χ0v) is 17.9.